The summed E-state index contributed by atoms with van der Waals surface area (Å²) in [6, 6.07) is 12.3. The quantitative estimate of drug-likeness (QED) is 0.570. The van der Waals surface area contributed by atoms with Gasteiger partial charge in [-0.15, -0.1) is 0 Å². The van der Waals surface area contributed by atoms with Crippen LogP contribution in [0, 0.1) is 6.92 Å². The number of benzene rings is 1. The van der Waals surface area contributed by atoms with E-state index < -0.39 is 0 Å². The molecule has 7 nitrogen and oxygen atoms in total. The van der Waals surface area contributed by atoms with E-state index in [-0.39, 0.29) is 6.04 Å². The molecule has 1 aliphatic heterocycles. The highest BCUT2D eigenvalue weighted by molar-refractivity contribution is 5.79. The Labute approximate surface area is 173 Å². The monoisotopic (exact) mass is 400 g/mol. The Bertz CT molecular complexity index is 782. The first-order valence-electron chi connectivity index (χ1n) is 10.0. The molecule has 0 bridgehead atoms. The zero-order chi connectivity index (χ0) is 20.6. The number of aliphatic imine (C=N–C) groups is 1. The van der Waals surface area contributed by atoms with Crippen LogP contribution < -0.4 is 10.1 Å². The number of morpholine rings is 1. The molecule has 1 aliphatic rings. The molecular weight excluding hydrogens is 368 g/mol. The maximum Gasteiger partial charge on any atom is 0.193 e. The van der Waals surface area contributed by atoms with Gasteiger partial charge in [0.25, 0.3) is 0 Å². The fourth-order valence-electron chi connectivity index (χ4n) is 3.58. The summed E-state index contributed by atoms with van der Waals surface area (Å²) in [4.78, 5) is 8.99. The van der Waals surface area contributed by atoms with Crippen LogP contribution in [0.2, 0.25) is 0 Å². The lowest BCUT2D eigenvalue weighted by Crippen LogP contribution is -2.46. The van der Waals surface area contributed by atoms with Crippen molar-refractivity contribution in [2.24, 2.45) is 4.99 Å². The molecule has 2 heterocycles. The Morgan fingerprint density at radius 2 is 1.93 bits per heavy atom. The van der Waals surface area contributed by atoms with Gasteiger partial charge in [0.05, 0.1) is 26.4 Å². The van der Waals surface area contributed by atoms with Gasteiger partial charge >= 0.3 is 0 Å². The van der Waals surface area contributed by atoms with Crippen molar-refractivity contribution in [3.05, 3.63) is 53.5 Å². The summed E-state index contributed by atoms with van der Waals surface area (Å²) in [7, 11) is 5.53. The normalized spacial score (nSPS) is 16.5. The van der Waals surface area contributed by atoms with Gasteiger partial charge < -0.3 is 24.1 Å². The average Bonchev–Trinajstić information content (AvgIpc) is 3.18. The van der Waals surface area contributed by atoms with Gasteiger partial charge in [0.1, 0.15) is 17.3 Å². The number of hydrogen-bond acceptors (Lipinski definition) is 5. The molecule has 3 rings (SSSR count). The van der Waals surface area contributed by atoms with Crippen LogP contribution in [-0.4, -0.2) is 69.8 Å². The summed E-state index contributed by atoms with van der Waals surface area (Å²) in [5.74, 6) is 3.62. The Hall–Kier alpha value is -2.51. The zero-order valence-electron chi connectivity index (χ0n) is 17.9. The van der Waals surface area contributed by atoms with Gasteiger partial charge in [0.15, 0.2) is 5.96 Å². The maximum absolute atomic E-state index is 5.95. The van der Waals surface area contributed by atoms with Crippen molar-refractivity contribution in [1.82, 2.24) is 15.1 Å². The molecule has 1 aromatic carbocycles. The van der Waals surface area contributed by atoms with Gasteiger partial charge in [-0.05, 0) is 36.8 Å². The molecule has 0 amide bonds. The summed E-state index contributed by atoms with van der Waals surface area (Å²) in [6.45, 7) is 6.75. The Morgan fingerprint density at radius 1 is 1.21 bits per heavy atom. The molecule has 2 aromatic rings. The van der Waals surface area contributed by atoms with Gasteiger partial charge in [-0.1, -0.05) is 12.1 Å². The largest absolute Gasteiger partial charge is 0.497 e. The van der Waals surface area contributed by atoms with Crippen LogP contribution in [0.3, 0.4) is 0 Å². The van der Waals surface area contributed by atoms with E-state index >= 15 is 0 Å². The molecule has 0 saturated carbocycles. The second-order valence-corrected chi connectivity index (χ2v) is 7.24. The van der Waals surface area contributed by atoms with Crippen LogP contribution in [0.25, 0.3) is 0 Å². The van der Waals surface area contributed by atoms with E-state index in [2.05, 4.69) is 38.3 Å². The molecule has 1 saturated heterocycles. The van der Waals surface area contributed by atoms with E-state index in [9.17, 15) is 0 Å². The molecular formula is C22H32N4O3. The third-order valence-electron chi connectivity index (χ3n) is 5.18. The lowest BCUT2D eigenvalue weighted by atomic mass is 10.1. The molecule has 0 spiro atoms. The highest BCUT2D eigenvalue weighted by atomic mass is 16.5. The number of rotatable bonds is 7. The lowest BCUT2D eigenvalue weighted by Gasteiger charge is -2.34. The molecule has 29 heavy (non-hydrogen) atoms. The summed E-state index contributed by atoms with van der Waals surface area (Å²) in [5.41, 5.74) is 1.20. The van der Waals surface area contributed by atoms with Crippen molar-refractivity contribution in [3.63, 3.8) is 0 Å². The van der Waals surface area contributed by atoms with E-state index in [1.54, 1.807) is 7.11 Å². The van der Waals surface area contributed by atoms with Crippen LogP contribution >= 0.6 is 0 Å². The van der Waals surface area contributed by atoms with Crippen molar-refractivity contribution in [2.75, 3.05) is 54.1 Å². The highest BCUT2D eigenvalue weighted by Crippen LogP contribution is 2.23. The average molecular weight is 401 g/mol. The standard InChI is InChI=1S/C22H32N4O3/c1-17-5-10-21(29-17)20(26-11-13-28-14-12-26)15-24-22(23-2)25(3)16-18-6-8-19(27-4)9-7-18/h5-10,20H,11-16H2,1-4H3,(H,23,24). The van der Waals surface area contributed by atoms with Gasteiger partial charge in [0.2, 0.25) is 0 Å². The highest BCUT2D eigenvalue weighted by Gasteiger charge is 2.25. The second-order valence-electron chi connectivity index (χ2n) is 7.24. The molecule has 7 heteroatoms. The van der Waals surface area contributed by atoms with Gasteiger partial charge in [-0.3, -0.25) is 9.89 Å². The summed E-state index contributed by atoms with van der Waals surface area (Å²) in [6.07, 6.45) is 0. The topological polar surface area (TPSA) is 62.5 Å². The van der Waals surface area contributed by atoms with E-state index in [1.165, 1.54) is 5.56 Å². The SMILES string of the molecule is CN=C(NCC(c1ccc(C)o1)N1CCOCC1)N(C)Cc1ccc(OC)cc1. The van der Waals surface area contributed by atoms with Gasteiger partial charge in [0, 0.05) is 40.3 Å². The number of hydrogen-bond donors (Lipinski definition) is 1. The molecule has 1 N–H and O–H groups in total. The summed E-state index contributed by atoms with van der Waals surface area (Å²) >= 11 is 0. The minimum Gasteiger partial charge on any atom is -0.497 e. The van der Waals surface area contributed by atoms with Crippen LogP contribution in [0.4, 0.5) is 0 Å². The molecule has 0 aliphatic carbocycles. The minimum absolute atomic E-state index is 0.138. The fraction of sp³-hybridized carbons (Fsp3) is 0.500. The number of ether oxygens (including phenoxy) is 2. The first-order chi connectivity index (χ1) is 14.1. The molecule has 1 aromatic heterocycles. The predicted octanol–water partition coefficient (Wildman–Crippen LogP) is 2.68. The van der Waals surface area contributed by atoms with E-state index in [0.29, 0.717) is 6.54 Å². The summed E-state index contributed by atoms with van der Waals surface area (Å²) < 4.78 is 16.7. The van der Waals surface area contributed by atoms with Crippen molar-refractivity contribution in [3.8, 4) is 5.75 Å². The zero-order valence-corrected chi connectivity index (χ0v) is 17.9. The number of aryl methyl sites for hydroxylation is 1. The minimum atomic E-state index is 0.138. The van der Waals surface area contributed by atoms with Crippen molar-refractivity contribution < 1.29 is 13.9 Å². The third kappa shape index (κ3) is 5.74. The van der Waals surface area contributed by atoms with Crippen molar-refractivity contribution >= 4 is 5.96 Å². The van der Waals surface area contributed by atoms with Crippen LogP contribution in [0.1, 0.15) is 23.1 Å². The van der Waals surface area contributed by atoms with Crippen LogP contribution in [0.15, 0.2) is 45.8 Å². The summed E-state index contributed by atoms with van der Waals surface area (Å²) in [5, 5.41) is 3.53. The van der Waals surface area contributed by atoms with E-state index in [4.69, 9.17) is 13.9 Å². The van der Waals surface area contributed by atoms with Crippen molar-refractivity contribution in [2.45, 2.75) is 19.5 Å². The number of methoxy groups -OCH3 is 1. The van der Waals surface area contributed by atoms with Crippen LogP contribution in [0.5, 0.6) is 5.75 Å². The molecule has 158 valence electrons. The molecule has 0 radical (unpaired) electrons. The first-order valence-corrected chi connectivity index (χ1v) is 10.0. The van der Waals surface area contributed by atoms with Crippen molar-refractivity contribution in [1.29, 1.82) is 0 Å². The smallest absolute Gasteiger partial charge is 0.193 e. The molecule has 1 unspecified atom stereocenters. The lowest BCUT2D eigenvalue weighted by molar-refractivity contribution is 0.0123. The predicted molar refractivity (Wildman–Crippen MR) is 114 cm³/mol. The van der Waals surface area contributed by atoms with E-state index in [1.807, 2.05) is 39.2 Å². The fourth-order valence-corrected chi connectivity index (χ4v) is 3.58. The number of nitrogens with one attached hydrogen (secondary N) is 1. The Morgan fingerprint density at radius 3 is 2.52 bits per heavy atom. The van der Waals surface area contributed by atoms with Gasteiger partial charge in [-0.2, -0.15) is 0 Å². The Balaban J connectivity index is 1.64. The van der Waals surface area contributed by atoms with E-state index in [0.717, 1.165) is 56.1 Å². The first kappa shape index (κ1) is 21.2. The molecule has 1 fully saturated rings. The Kier molecular flexibility index (Phi) is 7.55. The van der Waals surface area contributed by atoms with Gasteiger partial charge in [-0.25, -0.2) is 0 Å². The second kappa shape index (κ2) is 10.3. The maximum atomic E-state index is 5.95. The molecule has 1 atom stereocenters. The number of nitrogens with zero attached hydrogens (tertiary/aromatic N) is 3. The number of guanidine groups is 1. The number of furan rings is 1. The van der Waals surface area contributed by atoms with Crippen LogP contribution in [-0.2, 0) is 11.3 Å². The third-order valence-corrected chi connectivity index (χ3v) is 5.18.